The van der Waals surface area contributed by atoms with E-state index in [0.29, 0.717) is 0 Å². The fourth-order valence-corrected chi connectivity index (χ4v) is 3.38. The normalized spacial score (nSPS) is 16.5. The van der Waals surface area contributed by atoms with Gasteiger partial charge in [0, 0.05) is 12.1 Å². The molecule has 0 saturated carbocycles. The van der Waals surface area contributed by atoms with Gasteiger partial charge in [-0.2, -0.15) is 0 Å². The maximum Gasteiger partial charge on any atom is 0.171 e. The van der Waals surface area contributed by atoms with Crippen molar-refractivity contribution in [2.45, 2.75) is 25.2 Å². The summed E-state index contributed by atoms with van der Waals surface area (Å²) in [4.78, 5) is 15.6. The first kappa shape index (κ1) is 16.7. The first-order valence-electron chi connectivity index (χ1n) is 8.73. The number of Topliss-reactive ketones (excluding diaryl/α,β-unsaturated/α-hetero) is 1. The molecule has 0 N–H and O–H groups in total. The molecule has 0 amide bonds. The van der Waals surface area contributed by atoms with Crippen molar-refractivity contribution in [1.82, 2.24) is 4.90 Å². The van der Waals surface area contributed by atoms with E-state index in [4.69, 9.17) is 4.74 Å². The second-order valence-corrected chi connectivity index (χ2v) is 6.42. The molecule has 1 aliphatic rings. The Balaban J connectivity index is 1.83. The number of methoxy groups -OCH3 is 1. The smallest absolute Gasteiger partial charge is 0.171 e. The fraction of sp³-hybridized carbons (Fsp3) is 0.381. The van der Waals surface area contributed by atoms with Gasteiger partial charge in [-0.1, -0.05) is 36.8 Å². The van der Waals surface area contributed by atoms with Crippen molar-refractivity contribution in [1.29, 1.82) is 0 Å². The van der Waals surface area contributed by atoms with Gasteiger partial charge >= 0.3 is 0 Å². The van der Waals surface area contributed by atoms with Gasteiger partial charge in [-0.3, -0.25) is 4.79 Å². The van der Waals surface area contributed by atoms with Crippen molar-refractivity contribution in [3.05, 3.63) is 65.7 Å². The highest BCUT2D eigenvalue weighted by Crippen LogP contribution is 2.25. The molecule has 2 aromatic rings. The predicted octanol–water partition coefficient (Wildman–Crippen LogP) is 4.15. The van der Waals surface area contributed by atoms with E-state index in [1.807, 2.05) is 42.5 Å². The van der Waals surface area contributed by atoms with Gasteiger partial charge < -0.3 is 9.64 Å². The fourth-order valence-electron chi connectivity index (χ4n) is 3.38. The van der Waals surface area contributed by atoms with Crippen molar-refractivity contribution < 1.29 is 9.53 Å². The lowest BCUT2D eigenvalue weighted by Gasteiger charge is -2.30. The maximum atomic E-state index is 13.2. The lowest BCUT2D eigenvalue weighted by atomic mass is 9.89. The van der Waals surface area contributed by atoms with Crippen LogP contribution in [0.3, 0.4) is 0 Å². The molecular weight excluding hydrogens is 298 g/mol. The molecule has 0 unspecified atom stereocenters. The first-order valence-corrected chi connectivity index (χ1v) is 8.73. The summed E-state index contributed by atoms with van der Waals surface area (Å²) in [5.74, 6) is 0.853. The number of ether oxygens (including phenoxy) is 1. The number of hydrogen-bond acceptors (Lipinski definition) is 3. The van der Waals surface area contributed by atoms with Gasteiger partial charge in [0.1, 0.15) is 5.75 Å². The average molecular weight is 323 g/mol. The van der Waals surface area contributed by atoms with E-state index in [1.165, 1.54) is 19.3 Å². The van der Waals surface area contributed by atoms with Gasteiger partial charge in [0.2, 0.25) is 0 Å². The minimum Gasteiger partial charge on any atom is -0.497 e. The largest absolute Gasteiger partial charge is 0.497 e. The molecule has 24 heavy (non-hydrogen) atoms. The van der Waals surface area contributed by atoms with Crippen molar-refractivity contribution in [2.24, 2.45) is 0 Å². The summed E-state index contributed by atoms with van der Waals surface area (Å²) in [5.41, 5.74) is 1.85. The molecule has 0 aliphatic carbocycles. The van der Waals surface area contributed by atoms with Gasteiger partial charge in [-0.15, -0.1) is 0 Å². The van der Waals surface area contributed by atoms with Crippen LogP contribution in [0, 0.1) is 0 Å². The summed E-state index contributed by atoms with van der Waals surface area (Å²) in [7, 11) is 1.64. The number of nitrogens with zero attached hydrogens (tertiary/aromatic N) is 1. The van der Waals surface area contributed by atoms with E-state index < -0.39 is 0 Å². The van der Waals surface area contributed by atoms with Gasteiger partial charge in [-0.25, -0.2) is 0 Å². The van der Waals surface area contributed by atoms with Crippen LogP contribution in [0.2, 0.25) is 0 Å². The summed E-state index contributed by atoms with van der Waals surface area (Å²) in [6.07, 6.45) is 3.77. The molecule has 0 spiro atoms. The molecule has 0 bridgehead atoms. The first-order chi connectivity index (χ1) is 11.8. The molecule has 1 atom stereocenters. The van der Waals surface area contributed by atoms with E-state index in [1.54, 1.807) is 7.11 Å². The third-order valence-corrected chi connectivity index (χ3v) is 4.78. The molecule has 1 fully saturated rings. The SMILES string of the molecule is COc1ccc(C(=O)[C@H](CN2CCCCC2)c2ccccc2)cc1. The Morgan fingerprint density at radius 1 is 1.00 bits per heavy atom. The Hall–Kier alpha value is -2.13. The summed E-state index contributed by atoms with van der Waals surface area (Å²) in [6, 6.07) is 17.6. The Bertz CT molecular complexity index is 645. The second kappa shape index (κ2) is 8.11. The third-order valence-electron chi connectivity index (χ3n) is 4.78. The molecule has 126 valence electrons. The summed E-state index contributed by atoms with van der Waals surface area (Å²) in [6.45, 7) is 2.99. The van der Waals surface area contributed by atoms with E-state index >= 15 is 0 Å². The highest BCUT2D eigenvalue weighted by molar-refractivity contribution is 6.01. The molecule has 3 rings (SSSR count). The minimum atomic E-state index is -0.113. The van der Waals surface area contributed by atoms with Crippen molar-refractivity contribution in [2.75, 3.05) is 26.7 Å². The predicted molar refractivity (Wildman–Crippen MR) is 96.8 cm³/mol. The number of hydrogen-bond donors (Lipinski definition) is 0. The van der Waals surface area contributed by atoms with E-state index in [-0.39, 0.29) is 11.7 Å². The molecular formula is C21H25NO2. The molecule has 3 nitrogen and oxygen atoms in total. The quantitative estimate of drug-likeness (QED) is 0.748. The van der Waals surface area contributed by atoms with Crippen LogP contribution in [0.1, 0.15) is 41.1 Å². The number of piperidine rings is 1. The average Bonchev–Trinajstić information content (AvgIpc) is 2.67. The van der Waals surface area contributed by atoms with Crippen LogP contribution in [0.15, 0.2) is 54.6 Å². The molecule has 1 heterocycles. The third kappa shape index (κ3) is 4.04. The van der Waals surface area contributed by atoms with E-state index in [2.05, 4.69) is 17.0 Å². The van der Waals surface area contributed by atoms with Crippen LogP contribution in [-0.4, -0.2) is 37.4 Å². The Morgan fingerprint density at radius 3 is 2.29 bits per heavy atom. The van der Waals surface area contributed by atoms with Crippen LogP contribution in [0.4, 0.5) is 0 Å². The zero-order valence-corrected chi connectivity index (χ0v) is 14.3. The van der Waals surface area contributed by atoms with E-state index in [0.717, 1.165) is 36.5 Å². The summed E-state index contributed by atoms with van der Waals surface area (Å²) < 4.78 is 5.20. The van der Waals surface area contributed by atoms with Crippen LogP contribution in [0.25, 0.3) is 0 Å². The lowest BCUT2D eigenvalue weighted by Crippen LogP contribution is -2.35. The zero-order chi connectivity index (χ0) is 16.8. The monoisotopic (exact) mass is 323 g/mol. The summed E-state index contributed by atoms with van der Waals surface area (Å²) in [5, 5.41) is 0. The molecule has 1 aliphatic heterocycles. The van der Waals surface area contributed by atoms with Crippen molar-refractivity contribution >= 4 is 5.78 Å². The van der Waals surface area contributed by atoms with E-state index in [9.17, 15) is 4.79 Å². The highest BCUT2D eigenvalue weighted by Gasteiger charge is 2.25. The molecule has 3 heteroatoms. The van der Waals surface area contributed by atoms with Gasteiger partial charge in [0.05, 0.1) is 13.0 Å². The Morgan fingerprint density at radius 2 is 1.67 bits per heavy atom. The summed E-state index contributed by atoms with van der Waals surface area (Å²) >= 11 is 0. The molecule has 0 aromatic heterocycles. The molecule has 2 aromatic carbocycles. The number of rotatable bonds is 6. The highest BCUT2D eigenvalue weighted by atomic mass is 16.5. The Labute approximate surface area is 144 Å². The molecule has 0 radical (unpaired) electrons. The number of likely N-dealkylation sites (tertiary alicyclic amines) is 1. The van der Waals surface area contributed by atoms with Gasteiger partial charge in [-0.05, 0) is 55.8 Å². The number of ketones is 1. The van der Waals surface area contributed by atoms with Crippen LogP contribution >= 0.6 is 0 Å². The van der Waals surface area contributed by atoms with Crippen molar-refractivity contribution in [3.8, 4) is 5.75 Å². The molecule has 1 saturated heterocycles. The lowest BCUT2D eigenvalue weighted by molar-refractivity contribution is 0.0925. The van der Waals surface area contributed by atoms with Gasteiger partial charge in [0.15, 0.2) is 5.78 Å². The van der Waals surface area contributed by atoms with Crippen LogP contribution in [0.5, 0.6) is 5.75 Å². The number of benzene rings is 2. The van der Waals surface area contributed by atoms with Gasteiger partial charge in [0.25, 0.3) is 0 Å². The standard InChI is InChI=1S/C21H25NO2/c1-24-19-12-10-18(11-13-19)21(23)20(17-8-4-2-5-9-17)16-22-14-6-3-7-15-22/h2,4-5,8-13,20H,3,6-7,14-16H2,1H3/t20-/m1/s1. The second-order valence-electron chi connectivity index (χ2n) is 6.42. The minimum absolute atomic E-state index is 0.113. The zero-order valence-electron chi connectivity index (χ0n) is 14.3. The number of carbonyl (C=O) groups is 1. The van der Waals surface area contributed by atoms with Crippen molar-refractivity contribution in [3.63, 3.8) is 0 Å². The Kier molecular flexibility index (Phi) is 5.65. The van der Waals surface area contributed by atoms with Crippen LogP contribution in [-0.2, 0) is 0 Å². The maximum absolute atomic E-state index is 13.2. The topological polar surface area (TPSA) is 29.5 Å². The number of carbonyl (C=O) groups excluding carboxylic acids is 1. The van der Waals surface area contributed by atoms with Crippen LogP contribution < -0.4 is 4.74 Å².